The number of alkyl halides is 1. The minimum absolute atomic E-state index is 0.00694. The Labute approximate surface area is 95.7 Å². The highest BCUT2D eigenvalue weighted by atomic mass is 35.5. The molecular formula is C10H9ClF2N2O. The first-order valence-corrected chi connectivity index (χ1v) is 5.36. The fraction of sp³-hybridized carbons (Fsp3) is 0.500. The van der Waals surface area contributed by atoms with Crippen LogP contribution in [0.15, 0.2) is 12.1 Å². The van der Waals surface area contributed by atoms with Gasteiger partial charge >= 0.3 is 0 Å². The Morgan fingerprint density at radius 2 is 2.44 bits per heavy atom. The second-order valence-electron chi connectivity index (χ2n) is 4.17. The van der Waals surface area contributed by atoms with Crippen LogP contribution in [0.1, 0.15) is 12.1 Å². The molecule has 6 heteroatoms. The number of aromatic nitrogens is 1. The Hall–Kier alpha value is -0.780. The summed E-state index contributed by atoms with van der Waals surface area (Å²) in [5, 5.41) is 0.148. The molecule has 3 rings (SSSR count). The third kappa shape index (κ3) is 1.28. The Kier molecular flexibility index (Phi) is 2.18. The Balaban J connectivity index is 2.09. The third-order valence-electron chi connectivity index (χ3n) is 3.20. The normalized spacial score (nSPS) is 36.2. The fourth-order valence-corrected chi connectivity index (χ4v) is 2.37. The summed E-state index contributed by atoms with van der Waals surface area (Å²) in [6.45, 7) is -0.765. The van der Waals surface area contributed by atoms with E-state index in [1.807, 2.05) is 0 Å². The number of halogens is 3. The number of hydrogen-bond acceptors (Lipinski definition) is 3. The lowest BCUT2D eigenvalue weighted by Crippen LogP contribution is -2.43. The average Bonchev–Trinajstić information content (AvgIpc) is 2.98. The molecule has 1 aromatic heterocycles. The Morgan fingerprint density at radius 3 is 3.00 bits per heavy atom. The van der Waals surface area contributed by atoms with Crippen LogP contribution in [0.3, 0.4) is 0 Å². The number of nitrogens with zero attached hydrogens (tertiary/aromatic N) is 1. The lowest BCUT2D eigenvalue weighted by Gasteiger charge is -2.26. The number of rotatable bonds is 2. The van der Waals surface area contributed by atoms with E-state index in [1.165, 1.54) is 12.1 Å². The summed E-state index contributed by atoms with van der Waals surface area (Å²) in [5.41, 5.74) is 1.41. The minimum Gasteiger partial charge on any atom is -0.297 e. The fourth-order valence-electron chi connectivity index (χ4n) is 2.22. The van der Waals surface area contributed by atoms with Gasteiger partial charge in [0.2, 0.25) is 0 Å². The molecule has 16 heavy (non-hydrogen) atoms. The number of fused-ring (bicyclic) bond motifs is 1. The molecular weight excluding hydrogens is 238 g/mol. The van der Waals surface area contributed by atoms with Crippen molar-refractivity contribution >= 4 is 11.6 Å². The van der Waals surface area contributed by atoms with Crippen LogP contribution in [0, 0.1) is 11.7 Å². The van der Waals surface area contributed by atoms with Crippen molar-refractivity contribution < 1.29 is 13.6 Å². The smallest absolute Gasteiger partial charge is 0.146 e. The van der Waals surface area contributed by atoms with Crippen LogP contribution in [0.5, 0.6) is 0 Å². The van der Waals surface area contributed by atoms with Crippen LogP contribution in [0.4, 0.5) is 8.78 Å². The average molecular weight is 247 g/mol. The van der Waals surface area contributed by atoms with E-state index in [9.17, 15) is 8.78 Å². The number of hydroxylamine groups is 1. The lowest BCUT2D eigenvalue weighted by molar-refractivity contribution is 0.00569. The largest absolute Gasteiger partial charge is 0.297 e. The van der Waals surface area contributed by atoms with Crippen LogP contribution in [0.25, 0.3) is 0 Å². The maximum absolute atomic E-state index is 13.7. The van der Waals surface area contributed by atoms with E-state index in [0.717, 1.165) is 6.42 Å². The van der Waals surface area contributed by atoms with Gasteiger partial charge in [0.1, 0.15) is 28.9 Å². The van der Waals surface area contributed by atoms with Crippen molar-refractivity contribution in [3.05, 3.63) is 28.8 Å². The van der Waals surface area contributed by atoms with Crippen LogP contribution in [-0.2, 0) is 10.4 Å². The summed E-state index contributed by atoms with van der Waals surface area (Å²) < 4.78 is 26.9. The SMILES string of the molecule is FC[C@]1(c2nc(Cl)ccc2F)NOC2C[C@@H]21. The molecule has 0 aromatic carbocycles. The third-order valence-corrected chi connectivity index (χ3v) is 3.41. The summed E-state index contributed by atoms with van der Waals surface area (Å²) in [5.74, 6) is -0.622. The van der Waals surface area contributed by atoms with Crippen molar-refractivity contribution in [1.82, 2.24) is 10.5 Å². The molecule has 3 atom stereocenters. The number of hydrogen-bond donors (Lipinski definition) is 1. The number of pyridine rings is 1. The van der Waals surface area contributed by atoms with Gasteiger partial charge in [0.15, 0.2) is 0 Å². The second kappa shape index (κ2) is 3.35. The monoisotopic (exact) mass is 246 g/mol. The van der Waals surface area contributed by atoms with E-state index >= 15 is 0 Å². The first-order chi connectivity index (χ1) is 7.67. The molecule has 1 aliphatic carbocycles. The highest BCUT2D eigenvalue weighted by Crippen LogP contribution is 2.52. The standard InChI is InChI=1S/C10H9ClF2N2O/c11-8-2-1-6(13)9(14-8)10(4-12)5-3-7(5)16-15-10/h1-2,5,7,15H,3-4H2/t5-,7?,10-/m0/s1. The topological polar surface area (TPSA) is 34.2 Å². The van der Waals surface area contributed by atoms with Crippen molar-refractivity contribution in [2.75, 3.05) is 6.67 Å². The van der Waals surface area contributed by atoms with E-state index in [1.54, 1.807) is 0 Å². The van der Waals surface area contributed by atoms with E-state index < -0.39 is 18.0 Å². The summed E-state index contributed by atoms with van der Waals surface area (Å²) in [4.78, 5) is 9.03. The molecule has 2 heterocycles. The van der Waals surface area contributed by atoms with Gasteiger partial charge in [0.05, 0.1) is 6.10 Å². The van der Waals surface area contributed by atoms with E-state index in [-0.39, 0.29) is 22.9 Å². The zero-order valence-corrected chi connectivity index (χ0v) is 8.97. The van der Waals surface area contributed by atoms with Gasteiger partial charge < -0.3 is 0 Å². The molecule has 1 saturated heterocycles. The second-order valence-corrected chi connectivity index (χ2v) is 4.56. The van der Waals surface area contributed by atoms with E-state index in [0.29, 0.717) is 0 Å². The van der Waals surface area contributed by atoms with Crippen LogP contribution >= 0.6 is 11.6 Å². The molecule has 1 aliphatic heterocycles. The van der Waals surface area contributed by atoms with Gasteiger partial charge in [-0.1, -0.05) is 11.6 Å². The molecule has 0 radical (unpaired) electrons. The summed E-state index contributed by atoms with van der Waals surface area (Å²) in [6.07, 6.45) is 0.695. The van der Waals surface area contributed by atoms with Gasteiger partial charge in [-0.25, -0.2) is 13.8 Å². The predicted molar refractivity (Wildman–Crippen MR) is 53.0 cm³/mol. The maximum atomic E-state index is 13.7. The zero-order chi connectivity index (χ0) is 11.3. The molecule has 1 aromatic rings. The Bertz CT molecular complexity index is 445. The molecule has 0 spiro atoms. The van der Waals surface area contributed by atoms with Gasteiger partial charge in [-0.2, -0.15) is 5.48 Å². The van der Waals surface area contributed by atoms with Gasteiger partial charge in [0.25, 0.3) is 0 Å². The molecule has 0 amide bonds. The van der Waals surface area contributed by atoms with Crippen LogP contribution in [0.2, 0.25) is 5.15 Å². The van der Waals surface area contributed by atoms with Crippen molar-refractivity contribution in [2.24, 2.45) is 5.92 Å². The molecule has 86 valence electrons. The summed E-state index contributed by atoms with van der Waals surface area (Å²) in [6, 6.07) is 2.53. The molecule has 0 bridgehead atoms. The van der Waals surface area contributed by atoms with Crippen molar-refractivity contribution in [1.29, 1.82) is 0 Å². The molecule has 2 fully saturated rings. The van der Waals surface area contributed by atoms with E-state index in [4.69, 9.17) is 16.4 Å². The molecule has 1 N–H and O–H groups in total. The van der Waals surface area contributed by atoms with E-state index in [2.05, 4.69) is 10.5 Å². The molecule has 1 unspecified atom stereocenters. The van der Waals surface area contributed by atoms with Gasteiger partial charge in [0, 0.05) is 5.92 Å². The maximum Gasteiger partial charge on any atom is 0.146 e. The van der Waals surface area contributed by atoms with Crippen molar-refractivity contribution in [2.45, 2.75) is 18.1 Å². The summed E-state index contributed by atoms with van der Waals surface area (Å²) >= 11 is 5.71. The highest BCUT2D eigenvalue weighted by Gasteiger charge is 2.62. The Morgan fingerprint density at radius 1 is 1.62 bits per heavy atom. The first-order valence-electron chi connectivity index (χ1n) is 4.99. The molecule has 1 saturated carbocycles. The van der Waals surface area contributed by atoms with Gasteiger partial charge in [-0.15, -0.1) is 0 Å². The highest BCUT2D eigenvalue weighted by molar-refractivity contribution is 6.29. The quantitative estimate of drug-likeness (QED) is 0.810. The lowest BCUT2D eigenvalue weighted by atomic mass is 9.91. The zero-order valence-electron chi connectivity index (χ0n) is 8.21. The first kappa shape index (κ1) is 10.4. The predicted octanol–water partition coefficient (Wildman–Crippen LogP) is 1.96. The van der Waals surface area contributed by atoms with Gasteiger partial charge in [-0.3, -0.25) is 4.84 Å². The molecule has 2 aliphatic rings. The van der Waals surface area contributed by atoms with Crippen molar-refractivity contribution in [3.8, 4) is 0 Å². The minimum atomic E-state index is -1.17. The summed E-state index contributed by atoms with van der Waals surface area (Å²) in [7, 11) is 0. The van der Waals surface area contributed by atoms with Crippen LogP contribution in [-0.4, -0.2) is 17.8 Å². The van der Waals surface area contributed by atoms with Gasteiger partial charge in [-0.05, 0) is 18.6 Å². The molecule has 3 nitrogen and oxygen atoms in total. The van der Waals surface area contributed by atoms with Crippen molar-refractivity contribution in [3.63, 3.8) is 0 Å². The number of nitrogens with one attached hydrogen (secondary N) is 1. The van der Waals surface area contributed by atoms with Crippen LogP contribution < -0.4 is 5.48 Å².